The molecule has 1 amide bonds. The molecule has 3 aromatic rings. The molecule has 1 atom stereocenters. The minimum absolute atomic E-state index is 0.167. The monoisotopic (exact) mass is 597 g/mol. The molecule has 154 valence electrons. The van der Waals surface area contributed by atoms with Crippen LogP contribution in [-0.2, 0) is 17.8 Å². The third-order valence-corrected chi connectivity index (χ3v) is 6.22. The molecule has 0 aliphatic heterocycles. The SMILES string of the molecule is O=C(O)[C@H](Cc1ccccc1)N(Cc1cccc(Br)c1)C(=O)c1ccc(Cl)cc1I. The van der Waals surface area contributed by atoms with Crippen LogP contribution in [0.5, 0.6) is 0 Å². The van der Waals surface area contributed by atoms with Crippen molar-refractivity contribution in [3.05, 3.63) is 103 Å². The van der Waals surface area contributed by atoms with Crippen molar-refractivity contribution >= 4 is 62.0 Å². The van der Waals surface area contributed by atoms with E-state index in [1.807, 2.05) is 77.2 Å². The van der Waals surface area contributed by atoms with Crippen LogP contribution in [-0.4, -0.2) is 27.9 Å². The Balaban J connectivity index is 2.02. The van der Waals surface area contributed by atoms with Gasteiger partial charge in [0.1, 0.15) is 6.04 Å². The van der Waals surface area contributed by atoms with Crippen molar-refractivity contribution in [1.29, 1.82) is 0 Å². The van der Waals surface area contributed by atoms with Crippen molar-refractivity contribution in [2.75, 3.05) is 0 Å². The van der Waals surface area contributed by atoms with Gasteiger partial charge >= 0.3 is 5.97 Å². The molecule has 0 saturated heterocycles. The maximum Gasteiger partial charge on any atom is 0.326 e. The Bertz CT molecular complexity index is 1060. The van der Waals surface area contributed by atoms with Crippen molar-refractivity contribution in [2.24, 2.45) is 0 Å². The van der Waals surface area contributed by atoms with Crippen LogP contribution in [0.2, 0.25) is 5.02 Å². The van der Waals surface area contributed by atoms with Gasteiger partial charge in [-0.05, 0) is 64.0 Å². The number of nitrogens with zero attached hydrogens (tertiary/aromatic N) is 1. The number of aliphatic carboxylic acids is 1. The van der Waals surface area contributed by atoms with E-state index >= 15 is 0 Å². The van der Waals surface area contributed by atoms with Gasteiger partial charge in [-0.15, -0.1) is 0 Å². The molecule has 0 fully saturated rings. The van der Waals surface area contributed by atoms with Gasteiger partial charge in [0.05, 0.1) is 5.56 Å². The first-order chi connectivity index (χ1) is 14.3. The van der Waals surface area contributed by atoms with E-state index in [2.05, 4.69) is 15.9 Å². The first-order valence-corrected chi connectivity index (χ1v) is 11.4. The van der Waals surface area contributed by atoms with Gasteiger partial charge in [0.2, 0.25) is 0 Å². The molecule has 0 heterocycles. The Labute approximate surface area is 202 Å². The van der Waals surface area contributed by atoms with Crippen LogP contribution in [0.25, 0.3) is 0 Å². The van der Waals surface area contributed by atoms with Crippen LogP contribution in [0, 0.1) is 3.57 Å². The quantitative estimate of drug-likeness (QED) is 0.337. The molecule has 0 aliphatic carbocycles. The lowest BCUT2D eigenvalue weighted by molar-refractivity contribution is -0.142. The summed E-state index contributed by atoms with van der Waals surface area (Å²) >= 11 is 11.5. The summed E-state index contributed by atoms with van der Waals surface area (Å²) in [5, 5.41) is 10.5. The number of carbonyl (C=O) groups excluding carboxylic acids is 1. The van der Waals surface area contributed by atoms with Crippen LogP contribution in [0.1, 0.15) is 21.5 Å². The third-order valence-electron chi connectivity index (χ3n) is 4.60. The highest BCUT2D eigenvalue weighted by Crippen LogP contribution is 2.24. The molecule has 0 spiro atoms. The molecule has 0 aliphatic rings. The van der Waals surface area contributed by atoms with E-state index in [-0.39, 0.29) is 18.9 Å². The largest absolute Gasteiger partial charge is 0.480 e. The summed E-state index contributed by atoms with van der Waals surface area (Å²) in [6.45, 7) is 0.167. The number of carboxylic acids is 1. The molecule has 1 N–H and O–H groups in total. The van der Waals surface area contributed by atoms with Crippen molar-refractivity contribution in [3.63, 3.8) is 0 Å². The third kappa shape index (κ3) is 5.83. The first kappa shape index (κ1) is 22.8. The Morgan fingerprint density at radius 2 is 1.70 bits per heavy atom. The number of carboxylic acid groups (broad SMARTS) is 1. The standard InChI is InChI=1S/C23H18BrClINO3/c24-17-8-4-7-16(11-17)14-27(22(28)19-10-9-18(25)13-20(19)26)21(23(29)30)12-15-5-2-1-3-6-15/h1-11,13,21H,12,14H2,(H,29,30)/t21-/m0/s1. The van der Waals surface area contributed by atoms with E-state index in [1.54, 1.807) is 18.2 Å². The predicted molar refractivity (Wildman–Crippen MR) is 130 cm³/mol. The maximum atomic E-state index is 13.5. The first-order valence-electron chi connectivity index (χ1n) is 9.12. The Kier molecular flexibility index (Phi) is 7.91. The zero-order chi connectivity index (χ0) is 21.7. The summed E-state index contributed by atoms with van der Waals surface area (Å²) in [7, 11) is 0. The smallest absolute Gasteiger partial charge is 0.326 e. The summed E-state index contributed by atoms with van der Waals surface area (Å²) in [5.41, 5.74) is 2.11. The molecule has 4 nitrogen and oxygen atoms in total. The highest BCUT2D eigenvalue weighted by Gasteiger charge is 2.31. The number of halogens is 3. The summed E-state index contributed by atoms with van der Waals surface area (Å²) in [6, 6.07) is 20.8. The fourth-order valence-corrected chi connectivity index (χ4v) is 4.69. The average molecular weight is 599 g/mol. The molecule has 3 aromatic carbocycles. The lowest BCUT2D eigenvalue weighted by atomic mass is 10.0. The van der Waals surface area contributed by atoms with Gasteiger partial charge in [-0.2, -0.15) is 0 Å². The van der Waals surface area contributed by atoms with E-state index in [9.17, 15) is 14.7 Å². The van der Waals surface area contributed by atoms with Crippen molar-refractivity contribution in [1.82, 2.24) is 4.90 Å². The van der Waals surface area contributed by atoms with Crippen LogP contribution >= 0.6 is 50.1 Å². The Morgan fingerprint density at radius 1 is 1.00 bits per heavy atom. The van der Waals surface area contributed by atoms with Gasteiger partial charge in [0, 0.05) is 26.0 Å². The summed E-state index contributed by atoms with van der Waals surface area (Å²) < 4.78 is 1.54. The molecule has 0 aromatic heterocycles. The zero-order valence-electron chi connectivity index (χ0n) is 15.8. The minimum atomic E-state index is -1.05. The predicted octanol–water partition coefficient (Wildman–Crippen LogP) is 6.05. The number of carbonyl (C=O) groups is 2. The molecular formula is C23H18BrClINO3. The summed E-state index contributed by atoms with van der Waals surface area (Å²) in [5.74, 6) is -1.40. The van der Waals surface area contributed by atoms with Gasteiger partial charge in [0.15, 0.2) is 0 Å². The molecule has 7 heteroatoms. The van der Waals surface area contributed by atoms with Gasteiger partial charge in [0.25, 0.3) is 5.91 Å². The highest BCUT2D eigenvalue weighted by atomic mass is 127. The number of amides is 1. The van der Waals surface area contributed by atoms with E-state index in [0.717, 1.165) is 15.6 Å². The zero-order valence-corrected chi connectivity index (χ0v) is 20.3. The van der Waals surface area contributed by atoms with Crippen LogP contribution in [0.4, 0.5) is 0 Å². The Morgan fingerprint density at radius 3 is 2.33 bits per heavy atom. The summed E-state index contributed by atoms with van der Waals surface area (Å²) in [6.07, 6.45) is 0.208. The van der Waals surface area contributed by atoms with Crippen molar-refractivity contribution in [3.8, 4) is 0 Å². The lowest BCUT2D eigenvalue weighted by Gasteiger charge is -2.30. The lowest BCUT2D eigenvalue weighted by Crippen LogP contribution is -2.46. The second kappa shape index (κ2) is 10.4. The van der Waals surface area contributed by atoms with Crippen LogP contribution in [0.3, 0.4) is 0 Å². The van der Waals surface area contributed by atoms with Gasteiger partial charge in [-0.25, -0.2) is 4.79 Å². The molecule has 0 unspecified atom stereocenters. The maximum absolute atomic E-state index is 13.5. The number of hydrogen-bond donors (Lipinski definition) is 1. The highest BCUT2D eigenvalue weighted by molar-refractivity contribution is 14.1. The fourth-order valence-electron chi connectivity index (χ4n) is 3.14. The molecular weight excluding hydrogens is 581 g/mol. The molecule has 0 saturated carbocycles. The van der Waals surface area contributed by atoms with Crippen LogP contribution in [0.15, 0.2) is 77.3 Å². The molecule has 0 bridgehead atoms. The number of benzene rings is 3. The van der Waals surface area contributed by atoms with Crippen LogP contribution < -0.4 is 0 Å². The number of rotatable bonds is 7. The van der Waals surface area contributed by atoms with Crippen molar-refractivity contribution < 1.29 is 14.7 Å². The molecule has 3 rings (SSSR count). The number of hydrogen-bond acceptors (Lipinski definition) is 2. The van der Waals surface area contributed by atoms with E-state index < -0.39 is 12.0 Å². The average Bonchev–Trinajstić information content (AvgIpc) is 2.71. The minimum Gasteiger partial charge on any atom is -0.480 e. The van der Waals surface area contributed by atoms with Gasteiger partial charge < -0.3 is 10.0 Å². The van der Waals surface area contributed by atoms with E-state index in [4.69, 9.17) is 11.6 Å². The fraction of sp³-hybridized carbons (Fsp3) is 0.130. The van der Waals surface area contributed by atoms with E-state index in [1.165, 1.54) is 4.90 Å². The van der Waals surface area contributed by atoms with Gasteiger partial charge in [-0.3, -0.25) is 4.79 Å². The normalized spacial score (nSPS) is 11.7. The topological polar surface area (TPSA) is 57.6 Å². The van der Waals surface area contributed by atoms with Crippen molar-refractivity contribution in [2.45, 2.75) is 19.0 Å². The second-order valence-electron chi connectivity index (χ2n) is 6.73. The van der Waals surface area contributed by atoms with E-state index in [0.29, 0.717) is 14.2 Å². The van der Waals surface area contributed by atoms with Gasteiger partial charge in [-0.1, -0.05) is 70.0 Å². The molecule has 0 radical (unpaired) electrons. The summed E-state index contributed by atoms with van der Waals surface area (Å²) in [4.78, 5) is 27.2. The second-order valence-corrected chi connectivity index (χ2v) is 9.25. The Hall–Kier alpha value is -1.90. The molecule has 30 heavy (non-hydrogen) atoms.